The summed E-state index contributed by atoms with van der Waals surface area (Å²) in [5, 5.41) is 119. The Balaban J connectivity index is 1.23. The minimum Gasteiger partial charge on any atom is -0.479 e. The SMILES string of the molecule is C/C=C(/C)C(=O)O[C@H]1[C@H](OC(=O)/C(C)=C\C)[C@@]2(CO)C(CC1(C)C)C1=CCC3[C@@]4(C)CC[C@H](O[C@@H]5OC(C(=O)O)[C@@H](O)C(OC(C)O[C@@H](CO)C(O)CO)C5O[C@@H]5OC(CO)[C@H](O)C(O)C5O)C(C)(C)C4CC[C@@]3(C)[C@]1(C)C[C@H]2O. The van der Waals surface area contributed by atoms with Crippen LogP contribution in [-0.4, -0.2) is 205 Å². The molecule has 7 rings (SSSR count). The second kappa shape index (κ2) is 24.2. The van der Waals surface area contributed by atoms with Crippen LogP contribution in [0.15, 0.2) is 34.9 Å². The van der Waals surface area contributed by atoms with Gasteiger partial charge in [0.25, 0.3) is 0 Å². The van der Waals surface area contributed by atoms with E-state index in [1.54, 1.807) is 39.8 Å². The van der Waals surface area contributed by atoms with Crippen LogP contribution >= 0.6 is 0 Å². The lowest BCUT2D eigenvalue weighted by atomic mass is 9.33. The standard InChI is InChI=1S/C58H92O22/c1-13-27(3)49(71)79-46-47(80-50(72)28(4)14-2)58(26-62)31(21-53(46,6)7)30-15-16-36-55(10)19-18-38(54(8,9)35(55)17-20-56(36,11)57(30,12)22-37(58)64)76-52-45(78-51-41(67)40(66)39(65)34(25-61)75-51)43(42(68)44(77-52)48(69)70)74-29(5)73-33(24-60)32(63)23-59/h13-15,29,31-47,51-52,59-68H,16-26H2,1-12H3,(H,69,70)/b27-13-,28-14-/t29?,31?,32?,33-,34?,35?,36?,37+,38-,39-,40?,41?,42-,43?,44?,45?,46-,47-,51-,52+,55-,56+,57+,58-/m0/s1. The largest absolute Gasteiger partial charge is 0.479 e. The topological polar surface area (TPSA) is 348 Å². The Morgan fingerprint density at radius 2 is 1.38 bits per heavy atom. The highest BCUT2D eigenvalue weighted by molar-refractivity contribution is 5.89. The number of aliphatic carboxylic acids is 1. The predicted molar refractivity (Wildman–Crippen MR) is 282 cm³/mol. The molecule has 2 saturated heterocycles. The van der Waals surface area contributed by atoms with Gasteiger partial charge in [-0.1, -0.05) is 72.3 Å². The normalized spacial score (nSPS) is 44.6. The first-order valence-corrected chi connectivity index (χ1v) is 28.4. The van der Waals surface area contributed by atoms with Gasteiger partial charge in [0.2, 0.25) is 0 Å². The Labute approximate surface area is 469 Å². The number of aliphatic hydroxyl groups excluding tert-OH is 10. The van der Waals surface area contributed by atoms with Gasteiger partial charge in [-0.05, 0) is 119 Å². The molecule has 2 heterocycles. The number of esters is 2. The van der Waals surface area contributed by atoms with E-state index in [0.717, 1.165) is 5.57 Å². The van der Waals surface area contributed by atoms with Gasteiger partial charge in [0.1, 0.15) is 61.0 Å². The van der Waals surface area contributed by atoms with Gasteiger partial charge < -0.3 is 94.1 Å². The summed E-state index contributed by atoms with van der Waals surface area (Å²) in [6.07, 6.45) is -17.5. The zero-order valence-corrected chi connectivity index (χ0v) is 48.5. The number of fused-ring (bicyclic) bond motifs is 7. The maximum atomic E-state index is 13.8. The van der Waals surface area contributed by atoms with E-state index in [-0.39, 0.29) is 23.7 Å². The van der Waals surface area contributed by atoms with E-state index in [4.69, 9.17) is 37.9 Å². The molecule has 6 fully saturated rings. The van der Waals surface area contributed by atoms with Crippen molar-refractivity contribution in [2.75, 3.05) is 26.4 Å². The molecule has 11 N–H and O–H groups in total. The van der Waals surface area contributed by atoms with Crippen LogP contribution in [0.1, 0.15) is 128 Å². The molecule has 4 saturated carbocycles. The molecule has 24 atom stereocenters. The number of aliphatic hydroxyl groups is 10. The molecule has 80 heavy (non-hydrogen) atoms. The van der Waals surface area contributed by atoms with Crippen molar-refractivity contribution < 1.29 is 108 Å². The van der Waals surface area contributed by atoms with Crippen LogP contribution in [-0.2, 0) is 52.3 Å². The van der Waals surface area contributed by atoms with Crippen LogP contribution in [0.4, 0.5) is 0 Å². The van der Waals surface area contributed by atoms with Gasteiger partial charge >= 0.3 is 17.9 Å². The fourth-order valence-electron chi connectivity index (χ4n) is 15.9. The molecule has 0 aromatic rings. The maximum absolute atomic E-state index is 13.8. The van der Waals surface area contributed by atoms with E-state index in [2.05, 4.69) is 40.7 Å². The van der Waals surface area contributed by atoms with E-state index in [1.165, 1.54) is 6.92 Å². The highest BCUT2D eigenvalue weighted by atomic mass is 16.8. The highest BCUT2D eigenvalue weighted by Crippen LogP contribution is 2.76. The van der Waals surface area contributed by atoms with Gasteiger partial charge in [-0.15, -0.1) is 0 Å². The summed E-state index contributed by atoms with van der Waals surface area (Å²) >= 11 is 0. The van der Waals surface area contributed by atoms with Crippen LogP contribution < -0.4 is 0 Å². The number of hydrogen-bond acceptors (Lipinski definition) is 21. The summed E-state index contributed by atoms with van der Waals surface area (Å²) in [6.45, 7) is 20.0. The van der Waals surface area contributed by atoms with E-state index < -0.39 is 182 Å². The van der Waals surface area contributed by atoms with Crippen molar-refractivity contribution >= 4 is 17.9 Å². The monoisotopic (exact) mass is 1140 g/mol. The van der Waals surface area contributed by atoms with Gasteiger partial charge in [-0.2, -0.15) is 0 Å². The van der Waals surface area contributed by atoms with Crippen LogP contribution in [0, 0.1) is 50.2 Å². The van der Waals surface area contributed by atoms with E-state index in [9.17, 15) is 70.6 Å². The number of carboxylic acid groups (broad SMARTS) is 1. The van der Waals surface area contributed by atoms with Crippen LogP contribution in [0.5, 0.6) is 0 Å². The van der Waals surface area contributed by atoms with Crippen molar-refractivity contribution in [2.45, 2.75) is 232 Å². The molecule has 0 aromatic carbocycles. The molecule has 0 aromatic heterocycles. The average Bonchev–Trinajstić information content (AvgIpc) is 1.86. The number of allylic oxidation sites excluding steroid dienone is 4. The van der Waals surface area contributed by atoms with Crippen LogP contribution in [0.25, 0.3) is 0 Å². The lowest BCUT2D eigenvalue weighted by Gasteiger charge is -2.72. The van der Waals surface area contributed by atoms with Crippen molar-refractivity contribution in [2.24, 2.45) is 50.2 Å². The second-order valence-corrected chi connectivity index (χ2v) is 25.9. The third-order valence-electron chi connectivity index (χ3n) is 21.0. The van der Waals surface area contributed by atoms with Gasteiger partial charge in [0, 0.05) is 16.6 Å². The van der Waals surface area contributed by atoms with Crippen molar-refractivity contribution in [1.82, 2.24) is 0 Å². The molecule has 0 radical (unpaired) electrons. The number of rotatable bonds is 18. The van der Waals surface area contributed by atoms with Gasteiger partial charge in [0.05, 0.1) is 44.1 Å². The molecular formula is C58H92O22. The summed E-state index contributed by atoms with van der Waals surface area (Å²) in [7, 11) is 0. The number of carbonyl (C=O) groups excluding carboxylic acids is 2. The molecule has 456 valence electrons. The third-order valence-corrected chi connectivity index (χ3v) is 21.0. The fourth-order valence-corrected chi connectivity index (χ4v) is 15.9. The first-order valence-electron chi connectivity index (χ1n) is 28.4. The Bertz CT molecular complexity index is 2320. The first kappa shape index (κ1) is 64.5. The zero-order chi connectivity index (χ0) is 59.6. The molecule has 22 heteroatoms. The molecule has 0 spiro atoms. The second-order valence-electron chi connectivity index (χ2n) is 25.9. The molecule has 22 nitrogen and oxygen atoms in total. The van der Waals surface area contributed by atoms with E-state index in [1.807, 2.05) is 13.8 Å². The Morgan fingerprint density at radius 1 is 0.750 bits per heavy atom. The molecule has 0 bridgehead atoms. The van der Waals surface area contributed by atoms with Crippen molar-refractivity contribution in [3.63, 3.8) is 0 Å². The molecule has 11 unspecified atom stereocenters. The predicted octanol–water partition coefficient (Wildman–Crippen LogP) is 1.93. The number of carboxylic acids is 1. The molecule has 5 aliphatic carbocycles. The van der Waals surface area contributed by atoms with Crippen LogP contribution in [0.3, 0.4) is 0 Å². The maximum Gasteiger partial charge on any atom is 0.335 e. The van der Waals surface area contributed by atoms with E-state index in [0.29, 0.717) is 49.7 Å². The van der Waals surface area contributed by atoms with Crippen molar-refractivity contribution in [3.8, 4) is 0 Å². The smallest absolute Gasteiger partial charge is 0.335 e. The summed E-state index contributed by atoms with van der Waals surface area (Å²) in [5.41, 5.74) is -2.66. The minimum atomic E-state index is -2.04. The number of ether oxygens (including phenoxy) is 8. The zero-order valence-electron chi connectivity index (χ0n) is 48.5. The summed E-state index contributed by atoms with van der Waals surface area (Å²) in [5.74, 6) is -3.35. The highest BCUT2D eigenvalue weighted by Gasteiger charge is 2.74. The number of carbonyl (C=O) groups is 3. The average molecular weight is 1140 g/mol. The van der Waals surface area contributed by atoms with E-state index >= 15 is 0 Å². The molecule has 2 aliphatic heterocycles. The lowest BCUT2D eigenvalue weighted by molar-refractivity contribution is -0.386. The van der Waals surface area contributed by atoms with Gasteiger partial charge in [0.15, 0.2) is 31.1 Å². The molecular weight excluding hydrogens is 1050 g/mol. The summed E-state index contributed by atoms with van der Waals surface area (Å²) < 4.78 is 49.5. The third kappa shape index (κ3) is 10.9. The summed E-state index contributed by atoms with van der Waals surface area (Å²) in [4.78, 5) is 40.3. The van der Waals surface area contributed by atoms with Gasteiger partial charge in [-0.3, -0.25) is 0 Å². The molecule has 0 amide bonds. The Morgan fingerprint density at radius 3 is 1.94 bits per heavy atom. The first-order chi connectivity index (χ1) is 37.3. The van der Waals surface area contributed by atoms with Crippen molar-refractivity contribution in [3.05, 3.63) is 34.9 Å². The summed E-state index contributed by atoms with van der Waals surface area (Å²) in [6, 6.07) is 0. The minimum absolute atomic E-state index is 0.0303. The quantitative estimate of drug-likeness (QED) is 0.0307. The Hall–Kier alpha value is -3.01. The lowest BCUT2D eigenvalue weighted by Crippen LogP contribution is -2.72. The van der Waals surface area contributed by atoms with Gasteiger partial charge in [-0.25, -0.2) is 14.4 Å². The fraction of sp³-hybridized carbons (Fsp3) is 0.845. The van der Waals surface area contributed by atoms with Crippen molar-refractivity contribution in [1.29, 1.82) is 0 Å². The van der Waals surface area contributed by atoms with Crippen LogP contribution in [0.2, 0.25) is 0 Å². The molecule has 7 aliphatic rings. The Kier molecular flexibility index (Phi) is 19.5. The number of hydrogen-bond donors (Lipinski definition) is 11.